The largest absolute Gasteiger partial charge is 0.463 e. The molecule has 2 saturated carbocycles. The van der Waals surface area contributed by atoms with Gasteiger partial charge in [-0.05, 0) is 56.1 Å². The Morgan fingerprint density at radius 1 is 1.42 bits per heavy atom. The van der Waals surface area contributed by atoms with Gasteiger partial charge in [0.25, 0.3) is 5.91 Å². The first-order valence-corrected chi connectivity index (χ1v) is 9.16. The first kappa shape index (κ1) is 16.9. The number of hydrogen-bond acceptors (Lipinski definition) is 5. The van der Waals surface area contributed by atoms with Gasteiger partial charge < -0.3 is 14.5 Å². The molecule has 2 aromatic heterocycles. The number of nitrogens with one attached hydrogen (secondary N) is 2. The molecule has 2 N–H and O–H groups in total. The molecule has 138 valence electrons. The number of amides is 1. The molecule has 0 radical (unpaired) electrons. The molecule has 2 aliphatic carbocycles. The number of furan rings is 1. The van der Waals surface area contributed by atoms with E-state index in [4.69, 9.17) is 9.15 Å². The van der Waals surface area contributed by atoms with Crippen molar-refractivity contribution in [1.82, 2.24) is 15.5 Å². The zero-order valence-electron chi connectivity index (χ0n) is 14.7. The summed E-state index contributed by atoms with van der Waals surface area (Å²) in [6, 6.07) is 5.14. The van der Waals surface area contributed by atoms with Gasteiger partial charge >= 0.3 is 5.97 Å². The summed E-state index contributed by atoms with van der Waals surface area (Å²) in [6.07, 6.45) is 6.66. The van der Waals surface area contributed by atoms with Gasteiger partial charge in [0.1, 0.15) is 11.4 Å². The highest BCUT2D eigenvalue weighted by molar-refractivity contribution is 5.90. The lowest BCUT2D eigenvalue weighted by Gasteiger charge is -2.28. The van der Waals surface area contributed by atoms with E-state index in [9.17, 15) is 9.59 Å². The monoisotopic (exact) mass is 357 g/mol. The zero-order chi connectivity index (χ0) is 18.1. The molecule has 2 bridgehead atoms. The van der Waals surface area contributed by atoms with Gasteiger partial charge in [-0.1, -0.05) is 6.42 Å². The Morgan fingerprint density at radius 2 is 2.31 bits per heavy atom. The number of carbonyl (C=O) groups is 2. The van der Waals surface area contributed by atoms with Crippen LogP contribution >= 0.6 is 0 Å². The van der Waals surface area contributed by atoms with Crippen molar-refractivity contribution >= 4 is 11.9 Å². The van der Waals surface area contributed by atoms with Crippen molar-refractivity contribution in [1.29, 1.82) is 0 Å². The second kappa shape index (κ2) is 6.97. The molecule has 0 saturated heterocycles. The van der Waals surface area contributed by atoms with Crippen molar-refractivity contribution < 1.29 is 18.7 Å². The van der Waals surface area contributed by atoms with E-state index in [0.717, 1.165) is 11.8 Å². The Labute approximate surface area is 151 Å². The van der Waals surface area contributed by atoms with E-state index in [-0.39, 0.29) is 24.2 Å². The van der Waals surface area contributed by atoms with E-state index >= 15 is 0 Å². The number of aromatic amines is 1. The highest BCUT2D eigenvalue weighted by atomic mass is 16.5. The number of aromatic nitrogens is 2. The van der Waals surface area contributed by atoms with Crippen molar-refractivity contribution in [2.45, 2.75) is 38.6 Å². The van der Waals surface area contributed by atoms with Crippen LogP contribution in [0.1, 0.15) is 43.1 Å². The van der Waals surface area contributed by atoms with Crippen LogP contribution in [0.3, 0.4) is 0 Å². The molecule has 4 rings (SSSR count). The van der Waals surface area contributed by atoms with Crippen LogP contribution in [0, 0.1) is 17.8 Å². The fraction of sp³-hybridized carbons (Fsp3) is 0.526. The summed E-state index contributed by atoms with van der Waals surface area (Å²) in [5, 5.41) is 9.60. The van der Waals surface area contributed by atoms with Crippen LogP contribution in [0.4, 0.5) is 0 Å². The van der Waals surface area contributed by atoms with Crippen molar-refractivity contribution in [3.8, 4) is 11.5 Å². The minimum Gasteiger partial charge on any atom is -0.463 e. The van der Waals surface area contributed by atoms with E-state index in [1.807, 2.05) is 0 Å². The van der Waals surface area contributed by atoms with Gasteiger partial charge in [-0.15, -0.1) is 0 Å². The average molecular weight is 357 g/mol. The highest BCUT2D eigenvalue weighted by Gasteiger charge is 2.42. The molecule has 0 aliphatic heterocycles. The van der Waals surface area contributed by atoms with E-state index in [1.54, 1.807) is 12.1 Å². The lowest BCUT2D eigenvalue weighted by molar-refractivity contribution is -0.125. The molecule has 1 amide bonds. The quantitative estimate of drug-likeness (QED) is 0.775. The third-order valence-electron chi connectivity index (χ3n) is 5.73. The molecule has 0 aromatic carbocycles. The highest BCUT2D eigenvalue weighted by Crippen LogP contribution is 2.49. The Bertz CT molecular complexity index is 783. The molecular weight excluding hydrogens is 334 g/mol. The Balaban J connectivity index is 1.26. The fourth-order valence-electron chi connectivity index (χ4n) is 4.49. The lowest BCUT2D eigenvalue weighted by Crippen LogP contribution is -2.42. The number of H-pyrrole nitrogens is 1. The smallest absolute Gasteiger partial charge is 0.356 e. The summed E-state index contributed by atoms with van der Waals surface area (Å²) in [4.78, 5) is 24.2. The molecule has 0 spiro atoms. The van der Waals surface area contributed by atoms with Crippen molar-refractivity contribution in [3.05, 3.63) is 30.2 Å². The Hall–Kier alpha value is -2.57. The molecule has 7 heteroatoms. The molecule has 2 heterocycles. The number of rotatable bonds is 6. The summed E-state index contributed by atoms with van der Waals surface area (Å²) in [7, 11) is 0. The maximum Gasteiger partial charge on any atom is 0.356 e. The summed E-state index contributed by atoms with van der Waals surface area (Å²) in [6.45, 7) is 1.76. The van der Waals surface area contributed by atoms with Crippen LogP contribution < -0.4 is 5.32 Å². The zero-order valence-corrected chi connectivity index (χ0v) is 14.7. The van der Waals surface area contributed by atoms with Gasteiger partial charge in [-0.2, -0.15) is 5.10 Å². The van der Waals surface area contributed by atoms with Crippen LogP contribution in [-0.4, -0.2) is 34.7 Å². The molecule has 2 fully saturated rings. The number of esters is 1. The third kappa shape index (κ3) is 3.38. The fourth-order valence-corrected chi connectivity index (χ4v) is 4.49. The second-order valence-corrected chi connectivity index (χ2v) is 7.42. The van der Waals surface area contributed by atoms with E-state index in [0.29, 0.717) is 17.4 Å². The molecule has 4 atom stereocenters. The van der Waals surface area contributed by atoms with E-state index in [1.165, 1.54) is 38.0 Å². The number of fused-ring (bicyclic) bond motifs is 2. The van der Waals surface area contributed by atoms with Gasteiger partial charge in [0.2, 0.25) is 0 Å². The SMILES string of the molecule is C[C@@H](NC(=O)COC(=O)c1cc(-c2ccco2)n[nH]1)[C@@H]1C[C@H]2CC[C@H]1C2. The first-order chi connectivity index (χ1) is 12.6. The van der Waals surface area contributed by atoms with Gasteiger partial charge in [0, 0.05) is 12.1 Å². The number of nitrogens with zero attached hydrogens (tertiary/aromatic N) is 1. The van der Waals surface area contributed by atoms with Gasteiger partial charge in [0.05, 0.1) is 6.26 Å². The van der Waals surface area contributed by atoms with Crippen LogP contribution in [0.15, 0.2) is 28.9 Å². The van der Waals surface area contributed by atoms with Gasteiger partial charge in [0.15, 0.2) is 12.4 Å². The normalized spacial score (nSPS) is 25.2. The van der Waals surface area contributed by atoms with E-state index < -0.39 is 5.97 Å². The molecule has 7 nitrogen and oxygen atoms in total. The Kier molecular flexibility index (Phi) is 4.53. The van der Waals surface area contributed by atoms with Gasteiger partial charge in [-0.3, -0.25) is 9.89 Å². The van der Waals surface area contributed by atoms with Crippen LogP contribution in [0.2, 0.25) is 0 Å². The summed E-state index contributed by atoms with van der Waals surface area (Å²) in [5.74, 6) is 1.81. The van der Waals surface area contributed by atoms with Crippen molar-refractivity contribution in [2.24, 2.45) is 17.8 Å². The molecule has 2 aromatic rings. The minimum absolute atomic E-state index is 0.120. The molecule has 0 unspecified atom stereocenters. The van der Waals surface area contributed by atoms with E-state index in [2.05, 4.69) is 22.4 Å². The maximum absolute atomic E-state index is 12.1. The number of hydrogen-bond donors (Lipinski definition) is 2. The minimum atomic E-state index is -0.613. The standard InChI is InChI=1S/C19H23N3O4/c1-11(14-8-12-4-5-13(14)7-12)20-18(23)10-26-19(24)16-9-15(21-22-16)17-3-2-6-25-17/h2-3,6,9,11-14H,4-5,7-8,10H2,1H3,(H,20,23)(H,21,22)/t11-,12+,13+,14+/m1/s1. The maximum atomic E-state index is 12.1. The summed E-state index contributed by atoms with van der Waals surface area (Å²) < 4.78 is 10.3. The number of ether oxygens (including phenoxy) is 1. The van der Waals surface area contributed by atoms with Crippen molar-refractivity contribution in [3.63, 3.8) is 0 Å². The predicted molar refractivity (Wildman–Crippen MR) is 93.1 cm³/mol. The molecular formula is C19H23N3O4. The average Bonchev–Trinajstić information content (AvgIpc) is 3.42. The summed E-state index contributed by atoms with van der Waals surface area (Å²) >= 11 is 0. The van der Waals surface area contributed by atoms with Crippen LogP contribution in [0.25, 0.3) is 11.5 Å². The lowest BCUT2D eigenvalue weighted by atomic mass is 9.84. The second-order valence-electron chi connectivity index (χ2n) is 7.42. The molecule has 2 aliphatic rings. The number of carbonyl (C=O) groups excluding carboxylic acids is 2. The topological polar surface area (TPSA) is 97.2 Å². The van der Waals surface area contributed by atoms with Crippen LogP contribution in [-0.2, 0) is 9.53 Å². The first-order valence-electron chi connectivity index (χ1n) is 9.16. The predicted octanol–water partition coefficient (Wildman–Crippen LogP) is 2.77. The molecule has 26 heavy (non-hydrogen) atoms. The third-order valence-corrected chi connectivity index (χ3v) is 5.73. The van der Waals surface area contributed by atoms with Crippen molar-refractivity contribution in [2.75, 3.05) is 6.61 Å². The van der Waals surface area contributed by atoms with Gasteiger partial charge in [-0.25, -0.2) is 4.79 Å². The Morgan fingerprint density at radius 3 is 3.00 bits per heavy atom. The summed E-state index contributed by atoms with van der Waals surface area (Å²) in [5.41, 5.74) is 0.696. The van der Waals surface area contributed by atoms with Crippen LogP contribution in [0.5, 0.6) is 0 Å².